The van der Waals surface area contributed by atoms with Gasteiger partial charge in [-0.25, -0.2) is 4.79 Å². The van der Waals surface area contributed by atoms with Crippen molar-refractivity contribution in [3.05, 3.63) is 99.8 Å². The van der Waals surface area contributed by atoms with Gasteiger partial charge in [-0.05, 0) is 71.5 Å². The predicted octanol–water partition coefficient (Wildman–Crippen LogP) is 4.95. The average molecular weight is 549 g/mol. The molecule has 0 saturated carbocycles. The molecule has 0 bridgehead atoms. The largest absolute Gasteiger partial charge is 0.493 e. The number of ketones is 1. The summed E-state index contributed by atoms with van der Waals surface area (Å²) >= 11 is 1.68. The average Bonchev–Trinajstić information content (AvgIpc) is 3.65. The Morgan fingerprint density at radius 2 is 1.82 bits per heavy atom. The molecule has 0 fully saturated rings. The van der Waals surface area contributed by atoms with Crippen LogP contribution in [0.3, 0.4) is 0 Å². The van der Waals surface area contributed by atoms with Crippen LogP contribution >= 0.6 is 11.3 Å². The number of thiophene rings is 1. The van der Waals surface area contributed by atoms with E-state index in [1.807, 2.05) is 54.6 Å². The number of nitrogens with zero attached hydrogens (tertiary/aromatic N) is 2. The van der Waals surface area contributed by atoms with Crippen molar-refractivity contribution in [2.24, 2.45) is 5.73 Å². The van der Waals surface area contributed by atoms with E-state index in [1.54, 1.807) is 11.3 Å². The molecule has 4 rings (SSSR count). The zero-order chi connectivity index (χ0) is 27.3. The highest BCUT2D eigenvalue weighted by molar-refractivity contribution is 7.07. The van der Waals surface area contributed by atoms with E-state index in [4.69, 9.17) is 19.7 Å². The Kier molecular flexibility index (Phi) is 10.6. The van der Waals surface area contributed by atoms with E-state index in [0.29, 0.717) is 38.3 Å². The van der Waals surface area contributed by atoms with Gasteiger partial charge in [-0.1, -0.05) is 47.6 Å². The lowest BCUT2D eigenvalue weighted by Crippen LogP contribution is -2.41. The fourth-order valence-electron chi connectivity index (χ4n) is 3.85. The Labute approximate surface area is 231 Å². The van der Waals surface area contributed by atoms with E-state index in [2.05, 4.69) is 32.3 Å². The number of amides is 1. The molecule has 39 heavy (non-hydrogen) atoms. The van der Waals surface area contributed by atoms with Crippen molar-refractivity contribution in [3.63, 3.8) is 0 Å². The van der Waals surface area contributed by atoms with Gasteiger partial charge in [0.05, 0.1) is 19.1 Å². The number of aromatic nitrogens is 2. The van der Waals surface area contributed by atoms with Gasteiger partial charge in [-0.2, -0.15) is 16.3 Å². The zero-order valence-corrected chi connectivity index (χ0v) is 22.4. The number of Topliss-reactive ketones (excluding diaryl/α,β-unsaturated/α-hetero) is 1. The summed E-state index contributed by atoms with van der Waals surface area (Å²) in [5.41, 5.74) is 8.65. The van der Waals surface area contributed by atoms with Gasteiger partial charge in [0, 0.05) is 6.42 Å². The fraction of sp³-hybridized carbons (Fsp3) is 0.310. The van der Waals surface area contributed by atoms with Crippen LogP contribution in [0.5, 0.6) is 5.75 Å². The van der Waals surface area contributed by atoms with Crippen molar-refractivity contribution < 1.29 is 23.6 Å². The lowest BCUT2D eigenvalue weighted by atomic mass is 10.0. The number of nitrogens with one attached hydrogen (secondary N) is 1. The molecule has 1 amide bonds. The number of hydrogen-bond donors (Lipinski definition) is 2. The molecule has 0 saturated heterocycles. The minimum atomic E-state index is -0.851. The molecule has 0 spiro atoms. The molecular weight excluding hydrogens is 516 g/mol. The summed E-state index contributed by atoms with van der Waals surface area (Å²) in [6, 6.07) is 18.2. The van der Waals surface area contributed by atoms with Gasteiger partial charge in [0.25, 0.3) is 0 Å². The second-order valence-electron chi connectivity index (χ2n) is 8.97. The third kappa shape index (κ3) is 9.05. The summed E-state index contributed by atoms with van der Waals surface area (Å²) in [6.45, 7) is 1.19. The van der Waals surface area contributed by atoms with Crippen LogP contribution in [-0.4, -0.2) is 41.2 Å². The third-order valence-electron chi connectivity index (χ3n) is 5.97. The van der Waals surface area contributed by atoms with E-state index >= 15 is 0 Å². The lowest BCUT2D eigenvalue weighted by molar-refractivity contribution is 0.0896. The van der Waals surface area contributed by atoms with Crippen molar-refractivity contribution in [2.75, 3.05) is 13.2 Å². The van der Waals surface area contributed by atoms with Crippen LogP contribution in [-0.2, 0) is 24.2 Å². The molecule has 0 aliphatic rings. The Bertz CT molecular complexity index is 1290. The van der Waals surface area contributed by atoms with Gasteiger partial charge in [0.2, 0.25) is 17.5 Å². The number of ether oxygens (including phenoxy) is 2. The van der Waals surface area contributed by atoms with Gasteiger partial charge in [0.1, 0.15) is 12.4 Å². The number of unbranched alkanes of at least 4 members (excludes halogenated alkanes) is 1. The number of alkyl carbamates (subject to hydrolysis) is 1. The molecule has 0 aliphatic heterocycles. The molecular formula is C29H32N4O5S. The van der Waals surface area contributed by atoms with E-state index in [1.165, 1.54) is 5.56 Å². The number of carbonyl (C=O) groups is 2. The molecule has 3 N–H and O–H groups in total. The number of benzene rings is 2. The third-order valence-corrected chi connectivity index (χ3v) is 6.71. The van der Waals surface area contributed by atoms with Crippen LogP contribution < -0.4 is 15.8 Å². The maximum absolute atomic E-state index is 13.1. The predicted molar refractivity (Wildman–Crippen MR) is 148 cm³/mol. The maximum atomic E-state index is 13.1. The molecule has 2 aromatic heterocycles. The summed E-state index contributed by atoms with van der Waals surface area (Å²) in [5.74, 6) is 0.560. The first kappa shape index (κ1) is 28.0. The first-order chi connectivity index (χ1) is 19.1. The van der Waals surface area contributed by atoms with Crippen LogP contribution in [0.15, 0.2) is 75.9 Å². The molecule has 204 valence electrons. The second-order valence-corrected chi connectivity index (χ2v) is 9.75. The van der Waals surface area contributed by atoms with Gasteiger partial charge < -0.3 is 25.0 Å². The molecule has 0 radical (unpaired) electrons. The van der Waals surface area contributed by atoms with Crippen molar-refractivity contribution in [3.8, 4) is 5.75 Å². The highest BCUT2D eigenvalue weighted by Gasteiger charge is 2.27. The highest BCUT2D eigenvalue weighted by Crippen LogP contribution is 2.16. The van der Waals surface area contributed by atoms with Crippen LogP contribution in [0.4, 0.5) is 4.79 Å². The SMILES string of the molecule is NCCCCC(NC(=O)OCc1ccccc1)C(=O)c1noc(Cc2ccc(OCCc3ccsc3)cc2)n1. The van der Waals surface area contributed by atoms with E-state index in [0.717, 1.165) is 29.7 Å². The van der Waals surface area contributed by atoms with E-state index in [9.17, 15) is 9.59 Å². The monoisotopic (exact) mass is 548 g/mol. The van der Waals surface area contributed by atoms with Gasteiger partial charge >= 0.3 is 6.09 Å². The number of hydrogen-bond acceptors (Lipinski definition) is 9. The smallest absolute Gasteiger partial charge is 0.408 e. The molecule has 2 heterocycles. The summed E-state index contributed by atoms with van der Waals surface area (Å²) in [6.07, 6.45) is 2.28. The first-order valence-corrected chi connectivity index (χ1v) is 13.8. The molecule has 0 aliphatic carbocycles. The minimum absolute atomic E-state index is 0.0838. The number of nitrogens with two attached hydrogens (primary N) is 1. The van der Waals surface area contributed by atoms with Gasteiger partial charge in [0.15, 0.2) is 0 Å². The van der Waals surface area contributed by atoms with Gasteiger partial charge in [-0.3, -0.25) is 4.79 Å². The summed E-state index contributed by atoms with van der Waals surface area (Å²) in [4.78, 5) is 29.8. The van der Waals surface area contributed by atoms with Crippen LogP contribution in [0.2, 0.25) is 0 Å². The maximum Gasteiger partial charge on any atom is 0.408 e. The number of carbonyl (C=O) groups excluding carboxylic acids is 2. The zero-order valence-electron chi connectivity index (χ0n) is 21.6. The molecule has 9 nitrogen and oxygen atoms in total. The number of rotatable bonds is 15. The Balaban J connectivity index is 1.30. The Hall–Kier alpha value is -4.02. The van der Waals surface area contributed by atoms with Crippen molar-refractivity contribution in [1.29, 1.82) is 0 Å². The van der Waals surface area contributed by atoms with Crippen molar-refractivity contribution in [1.82, 2.24) is 15.5 Å². The molecule has 4 aromatic rings. The second kappa shape index (κ2) is 14.8. The fourth-order valence-corrected chi connectivity index (χ4v) is 4.55. The molecule has 1 atom stereocenters. The van der Waals surface area contributed by atoms with Crippen molar-refractivity contribution >= 4 is 23.2 Å². The van der Waals surface area contributed by atoms with Crippen molar-refractivity contribution in [2.45, 2.75) is 44.8 Å². The Morgan fingerprint density at radius 1 is 1.00 bits per heavy atom. The quantitative estimate of drug-likeness (QED) is 0.158. The summed E-state index contributed by atoms with van der Waals surface area (Å²) in [7, 11) is 0. The minimum Gasteiger partial charge on any atom is -0.493 e. The topological polar surface area (TPSA) is 130 Å². The van der Waals surface area contributed by atoms with E-state index in [-0.39, 0.29) is 12.4 Å². The van der Waals surface area contributed by atoms with Crippen LogP contribution in [0, 0.1) is 0 Å². The molecule has 10 heteroatoms. The lowest BCUT2D eigenvalue weighted by Gasteiger charge is -2.16. The van der Waals surface area contributed by atoms with Gasteiger partial charge in [-0.15, -0.1) is 0 Å². The molecule has 2 aromatic carbocycles. The van der Waals surface area contributed by atoms with Crippen LogP contribution in [0.25, 0.3) is 0 Å². The highest BCUT2D eigenvalue weighted by atomic mass is 32.1. The van der Waals surface area contributed by atoms with E-state index < -0.39 is 17.9 Å². The summed E-state index contributed by atoms with van der Waals surface area (Å²) < 4.78 is 16.4. The van der Waals surface area contributed by atoms with Crippen LogP contribution in [0.1, 0.15) is 52.5 Å². The summed E-state index contributed by atoms with van der Waals surface area (Å²) in [5, 5.41) is 10.7. The Morgan fingerprint density at radius 3 is 2.56 bits per heavy atom. The standard InChI is InChI=1S/C29H32N4O5S/c30-15-5-4-8-25(31-29(35)37-19-22-6-2-1-3-7-22)27(34)28-32-26(38-33-28)18-21-9-11-24(12-10-21)36-16-13-23-14-17-39-20-23/h1-3,6-7,9-12,14,17,20,25H,4-5,8,13,15-16,18-19,30H2,(H,31,35). The first-order valence-electron chi connectivity index (χ1n) is 12.9. The molecule has 1 unspecified atom stereocenters. The normalized spacial score (nSPS) is 11.6.